The van der Waals surface area contributed by atoms with E-state index in [0.717, 1.165) is 0 Å². The SMILES string of the molecule is Brc1cc(N2CCCC2)c(Br)c(N2CCCC2)c1. The number of benzene rings is 1. The van der Waals surface area contributed by atoms with Gasteiger partial charge in [0, 0.05) is 30.7 Å². The Morgan fingerprint density at radius 1 is 0.722 bits per heavy atom. The predicted octanol–water partition coefficient (Wildman–Crippen LogP) is 4.41. The molecule has 0 N–H and O–H groups in total. The van der Waals surface area contributed by atoms with Gasteiger partial charge in [0.15, 0.2) is 0 Å². The Morgan fingerprint density at radius 2 is 1.11 bits per heavy atom. The van der Waals surface area contributed by atoms with Crippen LogP contribution in [0.15, 0.2) is 21.1 Å². The van der Waals surface area contributed by atoms with E-state index in [4.69, 9.17) is 0 Å². The zero-order chi connectivity index (χ0) is 12.5. The molecule has 98 valence electrons. The van der Waals surface area contributed by atoms with Gasteiger partial charge < -0.3 is 9.80 Å². The number of nitrogens with zero attached hydrogens (tertiary/aromatic N) is 2. The van der Waals surface area contributed by atoms with Gasteiger partial charge in [-0.25, -0.2) is 0 Å². The zero-order valence-electron chi connectivity index (χ0n) is 10.5. The van der Waals surface area contributed by atoms with Crippen molar-refractivity contribution >= 4 is 43.2 Å². The Morgan fingerprint density at radius 3 is 1.50 bits per heavy atom. The van der Waals surface area contributed by atoms with E-state index in [1.807, 2.05) is 0 Å². The van der Waals surface area contributed by atoms with Gasteiger partial charge in [0.25, 0.3) is 0 Å². The first-order chi connectivity index (χ1) is 8.75. The molecule has 0 atom stereocenters. The lowest BCUT2D eigenvalue weighted by Gasteiger charge is -2.25. The third kappa shape index (κ3) is 2.42. The monoisotopic (exact) mass is 372 g/mol. The lowest BCUT2D eigenvalue weighted by atomic mass is 10.2. The van der Waals surface area contributed by atoms with E-state index in [-0.39, 0.29) is 0 Å². The average Bonchev–Trinajstić information content (AvgIpc) is 3.02. The summed E-state index contributed by atoms with van der Waals surface area (Å²) in [5.41, 5.74) is 2.70. The van der Waals surface area contributed by atoms with Crippen LogP contribution in [0.4, 0.5) is 11.4 Å². The quantitative estimate of drug-likeness (QED) is 0.757. The minimum absolute atomic E-state index is 1.19. The van der Waals surface area contributed by atoms with Gasteiger partial charge in [-0.15, -0.1) is 0 Å². The van der Waals surface area contributed by atoms with Crippen LogP contribution in [0.1, 0.15) is 25.7 Å². The third-order valence-electron chi connectivity index (χ3n) is 3.89. The highest BCUT2D eigenvalue weighted by molar-refractivity contribution is 9.11. The van der Waals surface area contributed by atoms with Crippen LogP contribution in [0.25, 0.3) is 0 Å². The summed E-state index contributed by atoms with van der Waals surface area (Å²) in [5.74, 6) is 0. The van der Waals surface area contributed by atoms with E-state index >= 15 is 0 Å². The summed E-state index contributed by atoms with van der Waals surface area (Å²) in [4.78, 5) is 4.99. The lowest BCUT2D eigenvalue weighted by Crippen LogP contribution is -2.21. The number of hydrogen-bond donors (Lipinski definition) is 0. The Labute approximate surface area is 126 Å². The molecule has 4 heteroatoms. The molecule has 18 heavy (non-hydrogen) atoms. The molecule has 2 saturated heterocycles. The van der Waals surface area contributed by atoms with Crippen LogP contribution in [0, 0.1) is 0 Å². The van der Waals surface area contributed by atoms with Crippen LogP contribution in [0.2, 0.25) is 0 Å². The van der Waals surface area contributed by atoms with Crippen molar-refractivity contribution in [1.29, 1.82) is 0 Å². The van der Waals surface area contributed by atoms with Crippen molar-refractivity contribution in [2.24, 2.45) is 0 Å². The normalized spacial score (nSPS) is 19.9. The molecule has 0 unspecified atom stereocenters. The molecular formula is C14H18Br2N2. The molecule has 2 heterocycles. The first-order valence-corrected chi connectivity index (χ1v) is 8.33. The predicted molar refractivity (Wildman–Crippen MR) is 84.7 cm³/mol. The van der Waals surface area contributed by atoms with Crippen molar-refractivity contribution in [3.8, 4) is 0 Å². The number of halogens is 2. The van der Waals surface area contributed by atoms with E-state index in [2.05, 4.69) is 53.8 Å². The van der Waals surface area contributed by atoms with Crippen LogP contribution in [-0.2, 0) is 0 Å². The van der Waals surface area contributed by atoms with Crippen LogP contribution in [0.5, 0.6) is 0 Å². The minimum atomic E-state index is 1.19. The first-order valence-electron chi connectivity index (χ1n) is 6.74. The van der Waals surface area contributed by atoms with Crippen molar-refractivity contribution in [2.75, 3.05) is 36.0 Å². The molecule has 0 radical (unpaired) electrons. The summed E-state index contributed by atoms with van der Waals surface area (Å²) in [6.07, 6.45) is 5.27. The summed E-state index contributed by atoms with van der Waals surface area (Å²) >= 11 is 7.50. The Bertz CT molecular complexity index is 398. The maximum Gasteiger partial charge on any atom is 0.0643 e. The topological polar surface area (TPSA) is 6.48 Å². The summed E-state index contributed by atoms with van der Waals surface area (Å²) in [7, 11) is 0. The van der Waals surface area contributed by atoms with Crippen molar-refractivity contribution in [3.63, 3.8) is 0 Å². The van der Waals surface area contributed by atoms with Gasteiger partial charge in [0.05, 0.1) is 15.8 Å². The average molecular weight is 374 g/mol. The van der Waals surface area contributed by atoms with Crippen molar-refractivity contribution in [3.05, 3.63) is 21.1 Å². The molecule has 0 amide bonds. The standard InChI is InChI=1S/C14H18Br2N2/c15-11-9-12(17-5-1-2-6-17)14(16)13(10-11)18-7-3-4-8-18/h9-10H,1-8H2. The number of hydrogen-bond acceptors (Lipinski definition) is 2. The van der Waals surface area contributed by atoms with Crippen molar-refractivity contribution in [2.45, 2.75) is 25.7 Å². The molecular weight excluding hydrogens is 356 g/mol. The maximum absolute atomic E-state index is 3.83. The van der Waals surface area contributed by atoms with Crippen LogP contribution < -0.4 is 9.80 Å². The zero-order valence-corrected chi connectivity index (χ0v) is 13.6. The second kappa shape index (κ2) is 5.41. The second-order valence-corrected chi connectivity index (χ2v) is 6.86. The molecule has 2 nitrogen and oxygen atoms in total. The van der Waals surface area contributed by atoms with Gasteiger partial charge in [-0.05, 0) is 53.7 Å². The molecule has 2 fully saturated rings. The molecule has 0 aromatic heterocycles. The van der Waals surface area contributed by atoms with Crippen LogP contribution in [-0.4, -0.2) is 26.2 Å². The minimum Gasteiger partial charge on any atom is -0.371 e. The Balaban J connectivity index is 1.98. The van der Waals surface area contributed by atoms with E-state index in [1.54, 1.807) is 0 Å². The smallest absolute Gasteiger partial charge is 0.0643 e. The molecule has 1 aromatic rings. The molecule has 0 spiro atoms. The second-order valence-electron chi connectivity index (χ2n) is 5.15. The largest absolute Gasteiger partial charge is 0.371 e. The molecule has 3 rings (SSSR count). The van der Waals surface area contributed by atoms with Crippen molar-refractivity contribution in [1.82, 2.24) is 0 Å². The fourth-order valence-corrected chi connectivity index (χ4v) is 4.10. The molecule has 0 aliphatic carbocycles. The summed E-state index contributed by atoms with van der Waals surface area (Å²) in [5, 5.41) is 0. The van der Waals surface area contributed by atoms with Gasteiger partial charge in [-0.3, -0.25) is 0 Å². The fourth-order valence-electron chi connectivity index (χ4n) is 2.94. The summed E-state index contributed by atoms with van der Waals surface area (Å²) in [6.45, 7) is 4.76. The fraction of sp³-hybridized carbons (Fsp3) is 0.571. The Hall–Kier alpha value is -0.220. The molecule has 0 saturated carbocycles. The van der Waals surface area contributed by atoms with E-state index in [0.29, 0.717) is 0 Å². The van der Waals surface area contributed by atoms with Gasteiger partial charge in [0.1, 0.15) is 0 Å². The van der Waals surface area contributed by atoms with Crippen LogP contribution in [0.3, 0.4) is 0 Å². The molecule has 0 bridgehead atoms. The van der Waals surface area contributed by atoms with Gasteiger partial charge in [0.2, 0.25) is 0 Å². The molecule has 2 aliphatic heterocycles. The lowest BCUT2D eigenvalue weighted by molar-refractivity contribution is 0.942. The van der Waals surface area contributed by atoms with Crippen LogP contribution >= 0.6 is 31.9 Å². The highest BCUT2D eigenvalue weighted by Gasteiger charge is 2.21. The van der Waals surface area contributed by atoms with E-state index in [1.165, 1.54) is 72.2 Å². The molecule has 2 aliphatic rings. The Kier molecular flexibility index (Phi) is 3.85. The van der Waals surface area contributed by atoms with Crippen molar-refractivity contribution < 1.29 is 0 Å². The highest BCUT2D eigenvalue weighted by atomic mass is 79.9. The third-order valence-corrected chi connectivity index (χ3v) is 5.16. The van der Waals surface area contributed by atoms with E-state index < -0.39 is 0 Å². The van der Waals surface area contributed by atoms with Gasteiger partial charge in [-0.2, -0.15) is 0 Å². The maximum atomic E-state index is 3.83. The molecule has 1 aromatic carbocycles. The van der Waals surface area contributed by atoms with Gasteiger partial charge in [-0.1, -0.05) is 15.9 Å². The van der Waals surface area contributed by atoms with Gasteiger partial charge >= 0.3 is 0 Å². The first kappa shape index (κ1) is 12.8. The summed E-state index contributed by atoms with van der Waals surface area (Å²) < 4.78 is 2.46. The summed E-state index contributed by atoms with van der Waals surface area (Å²) in [6, 6.07) is 4.49. The van der Waals surface area contributed by atoms with E-state index in [9.17, 15) is 0 Å². The number of rotatable bonds is 2. The highest BCUT2D eigenvalue weighted by Crippen LogP contribution is 2.40. The number of anilines is 2.